The lowest BCUT2D eigenvalue weighted by atomic mass is 10.1. The molecule has 1 heterocycles. The van der Waals surface area contributed by atoms with E-state index in [9.17, 15) is 9.59 Å². The highest BCUT2D eigenvalue weighted by Gasteiger charge is 2.11. The van der Waals surface area contributed by atoms with Gasteiger partial charge in [-0.2, -0.15) is 0 Å². The second-order valence-corrected chi connectivity index (χ2v) is 5.75. The monoisotopic (exact) mass is 304 g/mol. The van der Waals surface area contributed by atoms with Crippen molar-refractivity contribution in [2.45, 2.75) is 32.1 Å². The summed E-state index contributed by atoms with van der Waals surface area (Å²) in [5.74, 6) is -0.828. The topological polar surface area (TPSA) is 69.6 Å². The Hall–Kier alpha value is -1.88. The number of nitrogens with zero attached hydrogens (tertiary/aromatic N) is 1. The van der Waals surface area contributed by atoms with Crippen LogP contribution in [0.1, 0.15) is 41.6 Å². The molecule has 1 saturated heterocycles. The number of carbonyl (C=O) groups excluding carboxylic acids is 1. The van der Waals surface area contributed by atoms with E-state index in [1.54, 1.807) is 24.3 Å². The van der Waals surface area contributed by atoms with Gasteiger partial charge in [-0.3, -0.25) is 4.79 Å². The molecule has 1 aromatic carbocycles. The molecule has 1 amide bonds. The Morgan fingerprint density at radius 2 is 1.77 bits per heavy atom. The predicted octanol–water partition coefficient (Wildman–Crippen LogP) is 1.92. The van der Waals surface area contributed by atoms with Crippen molar-refractivity contribution in [3.8, 4) is 0 Å². The lowest BCUT2D eigenvalue weighted by Crippen LogP contribution is -2.34. The number of nitrogens with one attached hydrogen (secondary N) is 1. The molecule has 1 aliphatic heterocycles. The Bertz CT molecular complexity index is 493. The van der Waals surface area contributed by atoms with Gasteiger partial charge in [0.15, 0.2) is 0 Å². The molecule has 0 unspecified atom stereocenters. The van der Waals surface area contributed by atoms with E-state index in [-0.39, 0.29) is 11.5 Å². The molecule has 1 fully saturated rings. The molecule has 2 rings (SSSR count). The predicted molar refractivity (Wildman–Crippen MR) is 85.0 cm³/mol. The molecule has 0 aliphatic carbocycles. The smallest absolute Gasteiger partial charge is 0.335 e. The van der Waals surface area contributed by atoms with Crippen LogP contribution in [0.4, 0.5) is 0 Å². The van der Waals surface area contributed by atoms with Gasteiger partial charge in [0.1, 0.15) is 0 Å². The van der Waals surface area contributed by atoms with Gasteiger partial charge in [0, 0.05) is 19.5 Å². The van der Waals surface area contributed by atoms with Crippen LogP contribution in [0.3, 0.4) is 0 Å². The third-order valence-electron chi connectivity index (χ3n) is 4.04. The van der Waals surface area contributed by atoms with Gasteiger partial charge in [-0.05, 0) is 50.0 Å². The van der Waals surface area contributed by atoms with E-state index in [2.05, 4.69) is 10.2 Å². The van der Waals surface area contributed by atoms with Gasteiger partial charge in [-0.25, -0.2) is 4.79 Å². The zero-order valence-electron chi connectivity index (χ0n) is 12.9. The third kappa shape index (κ3) is 5.48. The zero-order valence-corrected chi connectivity index (χ0v) is 12.9. The summed E-state index contributed by atoms with van der Waals surface area (Å²) in [5.41, 5.74) is 1.32. The average Bonchev–Trinajstić information content (AvgIpc) is 2.54. The van der Waals surface area contributed by atoms with Crippen molar-refractivity contribution in [1.82, 2.24) is 10.2 Å². The number of hydrogen-bond acceptors (Lipinski definition) is 3. The summed E-state index contributed by atoms with van der Waals surface area (Å²) >= 11 is 0. The van der Waals surface area contributed by atoms with E-state index in [1.165, 1.54) is 19.3 Å². The fraction of sp³-hybridized carbons (Fsp3) is 0.529. The minimum Gasteiger partial charge on any atom is -0.478 e. The highest BCUT2D eigenvalue weighted by molar-refractivity contribution is 5.87. The van der Waals surface area contributed by atoms with Crippen molar-refractivity contribution in [3.05, 3.63) is 35.4 Å². The van der Waals surface area contributed by atoms with Crippen LogP contribution < -0.4 is 5.32 Å². The molecule has 22 heavy (non-hydrogen) atoms. The molecule has 0 spiro atoms. The van der Waals surface area contributed by atoms with Gasteiger partial charge in [-0.15, -0.1) is 0 Å². The summed E-state index contributed by atoms with van der Waals surface area (Å²) in [5, 5.41) is 11.8. The van der Waals surface area contributed by atoms with Crippen molar-refractivity contribution in [2.75, 3.05) is 26.2 Å². The number of amides is 1. The molecule has 1 aromatic rings. The molecule has 1 aliphatic rings. The average molecular weight is 304 g/mol. The fourth-order valence-electron chi connectivity index (χ4n) is 2.69. The van der Waals surface area contributed by atoms with Crippen LogP contribution in [0.15, 0.2) is 24.3 Å². The van der Waals surface area contributed by atoms with Crippen molar-refractivity contribution in [1.29, 1.82) is 0 Å². The minimum absolute atomic E-state index is 0.0905. The van der Waals surface area contributed by atoms with Crippen LogP contribution >= 0.6 is 0 Å². The Balaban J connectivity index is 1.62. The fourth-order valence-corrected chi connectivity index (χ4v) is 2.69. The number of hydrogen-bond donors (Lipinski definition) is 2. The van der Waals surface area contributed by atoms with Gasteiger partial charge >= 0.3 is 5.97 Å². The number of carbonyl (C=O) groups is 2. The maximum absolute atomic E-state index is 11.8. The van der Waals surface area contributed by atoms with Gasteiger partial charge < -0.3 is 15.3 Å². The maximum Gasteiger partial charge on any atom is 0.335 e. The van der Waals surface area contributed by atoms with E-state index in [4.69, 9.17) is 5.11 Å². The van der Waals surface area contributed by atoms with Crippen molar-refractivity contribution in [2.24, 2.45) is 0 Å². The number of benzene rings is 1. The summed E-state index contributed by atoms with van der Waals surface area (Å²) in [6.45, 7) is 3.66. The molecular weight excluding hydrogens is 280 g/mol. The summed E-state index contributed by atoms with van der Waals surface area (Å²) < 4.78 is 0. The van der Waals surface area contributed by atoms with E-state index in [0.717, 1.165) is 31.6 Å². The van der Waals surface area contributed by atoms with E-state index >= 15 is 0 Å². The summed E-state index contributed by atoms with van der Waals surface area (Å²) in [6, 6.07) is 6.78. The lowest BCUT2D eigenvalue weighted by molar-refractivity contribution is -0.121. The number of rotatable bonds is 7. The number of likely N-dealkylation sites (tertiary alicyclic amines) is 1. The molecular formula is C17H24N2O3. The molecule has 120 valence electrons. The molecule has 0 radical (unpaired) electrons. The van der Waals surface area contributed by atoms with Gasteiger partial charge in [0.2, 0.25) is 5.91 Å². The Labute approximate surface area is 131 Å². The van der Waals surface area contributed by atoms with Crippen molar-refractivity contribution in [3.63, 3.8) is 0 Å². The van der Waals surface area contributed by atoms with Crippen LogP contribution in [0.2, 0.25) is 0 Å². The number of carboxylic acid groups (broad SMARTS) is 1. The Morgan fingerprint density at radius 1 is 1.09 bits per heavy atom. The first kappa shape index (κ1) is 16.5. The van der Waals surface area contributed by atoms with Crippen molar-refractivity contribution < 1.29 is 14.7 Å². The highest BCUT2D eigenvalue weighted by Crippen LogP contribution is 2.08. The molecule has 0 aromatic heterocycles. The summed E-state index contributed by atoms with van der Waals surface area (Å²) in [7, 11) is 0. The normalized spacial score (nSPS) is 15.5. The number of aromatic carboxylic acids is 1. The maximum atomic E-state index is 11.8. The largest absolute Gasteiger partial charge is 0.478 e. The minimum atomic E-state index is -0.919. The van der Waals surface area contributed by atoms with Crippen LogP contribution in [0.5, 0.6) is 0 Å². The van der Waals surface area contributed by atoms with E-state index in [1.807, 2.05) is 0 Å². The second kappa shape index (κ2) is 8.54. The van der Waals surface area contributed by atoms with Crippen molar-refractivity contribution >= 4 is 11.9 Å². The Kier molecular flexibility index (Phi) is 6.40. The zero-order chi connectivity index (χ0) is 15.8. The third-order valence-corrected chi connectivity index (χ3v) is 4.04. The molecule has 5 nitrogen and oxygen atoms in total. The van der Waals surface area contributed by atoms with Crippen LogP contribution in [0.25, 0.3) is 0 Å². The first-order chi connectivity index (χ1) is 10.6. The highest BCUT2D eigenvalue weighted by atomic mass is 16.4. The van der Waals surface area contributed by atoms with Gasteiger partial charge in [0.25, 0.3) is 0 Å². The van der Waals surface area contributed by atoms with Crippen LogP contribution in [-0.4, -0.2) is 48.1 Å². The molecule has 0 saturated carbocycles. The summed E-state index contributed by atoms with van der Waals surface area (Å²) in [4.78, 5) is 24.9. The molecule has 0 atom stereocenters. The molecule has 2 N–H and O–H groups in total. The molecule has 5 heteroatoms. The van der Waals surface area contributed by atoms with Gasteiger partial charge in [-0.1, -0.05) is 18.6 Å². The van der Waals surface area contributed by atoms with Crippen LogP contribution in [-0.2, 0) is 11.2 Å². The van der Waals surface area contributed by atoms with E-state index < -0.39 is 5.97 Å². The van der Waals surface area contributed by atoms with E-state index in [0.29, 0.717) is 13.0 Å². The standard InChI is InChI=1S/C17H24N2O3/c20-16(9-13-19-11-2-1-3-12-19)18-10-8-14-4-6-15(7-5-14)17(21)22/h4-7H,1-3,8-13H2,(H,18,20)(H,21,22). The van der Waals surface area contributed by atoms with Gasteiger partial charge in [0.05, 0.1) is 5.56 Å². The Morgan fingerprint density at radius 3 is 2.41 bits per heavy atom. The SMILES string of the molecule is O=C(CCN1CCCCC1)NCCc1ccc(C(=O)O)cc1. The molecule has 0 bridgehead atoms. The number of piperidine rings is 1. The second-order valence-electron chi connectivity index (χ2n) is 5.75. The quantitative estimate of drug-likeness (QED) is 0.807. The number of carboxylic acids is 1. The summed E-state index contributed by atoms with van der Waals surface area (Å²) in [6.07, 6.45) is 5.07. The van der Waals surface area contributed by atoms with Crippen LogP contribution in [0, 0.1) is 0 Å². The first-order valence-corrected chi connectivity index (χ1v) is 7.96. The lowest BCUT2D eigenvalue weighted by Gasteiger charge is -2.25. The first-order valence-electron chi connectivity index (χ1n) is 7.96.